The monoisotopic (exact) mass is 365 g/mol. The SMILES string of the molecule is Clc1cc(Cl)c2c(c1)[C@H]1C=CC[C@@H]1[C@@H](c1cccc3ccccc13)N2. The van der Waals surface area contributed by atoms with Crippen LogP contribution in [-0.4, -0.2) is 0 Å². The maximum Gasteiger partial charge on any atom is 0.0655 e. The van der Waals surface area contributed by atoms with Crippen LogP contribution in [0.1, 0.15) is 29.5 Å². The fourth-order valence-corrected chi connectivity index (χ4v) is 5.01. The highest BCUT2D eigenvalue weighted by Gasteiger charge is 2.39. The van der Waals surface area contributed by atoms with E-state index in [2.05, 4.69) is 66.0 Å². The van der Waals surface area contributed by atoms with Crippen molar-refractivity contribution in [3.63, 3.8) is 0 Å². The van der Waals surface area contributed by atoms with Crippen LogP contribution in [0, 0.1) is 5.92 Å². The first-order chi connectivity index (χ1) is 12.2. The zero-order chi connectivity index (χ0) is 17.0. The molecule has 0 spiro atoms. The summed E-state index contributed by atoms with van der Waals surface area (Å²) in [7, 11) is 0. The summed E-state index contributed by atoms with van der Waals surface area (Å²) in [5.41, 5.74) is 3.58. The van der Waals surface area contributed by atoms with Crippen LogP contribution in [0.5, 0.6) is 0 Å². The quantitative estimate of drug-likeness (QED) is 0.459. The van der Waals surface area contributed by atoms with E-state index < -0.39 is 0 Å². The highest BCUT2D eigenvalue weighted by Crippen LogP contribution is 2.52. The number of rotatable bonds is 1. The Bertz CT molecular complexity index is 1000. The van der Waals surface area contributed by atoms with Gasteiger partial charge in [0.25, 0.3) is 0 Å². The Balaban J connectivity index is 1.70. The van der Waals surface area contributed by atoms with E-state index >= 15 is 0 Å². The summed E-state index contributed by atoms with van der Waals surface area (Å²) in [6.45, 7) is 0. The fraction of sp³-hybridized carbons (Fsp3) is 0.182. The van der Waals surface area contributed by atoms with E-state index in [1.807, 2.05) is 6.07 Å². The molecule has 1 heterocycles. The van der Waals surface area contributed by atoms with E-state index in [1.54, 1.807) is 0 Å². The smallest absolute Gasteiger partial charge is 0.0655 e. The van der Waals surface area contributed by atoms with Crippen LogP contribution >= 0.6 is 23.2 Å². The van der Waals surface area contributed by atoms with Gasteiger partial charge in [-0.1, -0.05) is 77.8 Å². The third-order valence-electron chi connectivity index (χ3n) is 5.54. The van der Waals surface area contributed by atoms with Crippen molar-refractivity contribution < 1.29 is 0 Å². The molecule has 1 aliphatic carbocycles. The maximum absolute atomic E-state index is 6.54. The Morgan fingerprint density at radius 1 is 0.920 bits per heavy atom. The Morgan fingerprint density at radius 3 is 2.68 bits per heavy atom. The Kier molecular flexibility index (Phi) is 3.55. The van der Waals surface area contributed by atoms with Crippen molar-refractivity contribution in [2.75, 3.05) is 5.32 Å². The van der Waals surface area contributed by atoms with Crippen LogP contribution < -0.4 is 5.32 Å². The van der Waals surface area contributed by atoms with Crippen LogP contribution in [-0.2, 0) is 0 Å². The lowest BCUT2D eigenvalue weighted by Gasteiger charge is -2.38. The topological polar surface area (TPSA) is 12.0 Å². The zero-order valence-corrected chi connectivity index (χ0v) is 15.1. The minimum Gasteiger partial charge on any atom is -0.376 e. The van der Waals surface area contributed by atoms with Crippen molar-refractivity contribution in [2.24, 2.45) is 5.92 Å². The predicted molar refractivity (Wildman–Crippen MR) is 107 cm³/mol. The second kappa shape index (κ2) is 5.79. The number of fused-ring (bicyclic) bond motifs is 4. The van der Waals surface area contributed by atoms with Crippen molar-refractivity contribution in [1.82, 2.24) is 0 Å². The number of benzene rings is 3. The average molecular weight is 366 g/mol. The molecule has 25 heavy (non-hydrogen) atoms. The van der Waals surface area contributed by atoms with Crippen LogP contribution in [0.15, 0.2) is 66.7 Å². The van der Waals surface area contributed by atoms with Gasteiger partial charge in [0.15, 0.2) is 0 Å². The molecular weight excluding hydrogens is 349 g/mol. The number of anilines is 1. The van der Waals surface area contributed by atoms with Gasteiger partial charge in [0.1, 0.15) is 0 Å². The molecule has 0 saturated carbocycles. The van der Waals surface area contributed by atoms with E-state index in [4.69, 9.17) is 23.2 Å². The molecule has 5 rings (SSSR count). The van der Waals surface area contributed by atoms with Gasteiger partial charge in [-0.3, -0.25) is 0 Å². The Hall–Kier alpha value is -1.96. The third kappa shape index (κ3) is 2.38. The number of nitrogens with one attached hydrogen (secondary N) is 1. The summed E-state index contributed by atoms with van der Waals surface area (Å²) in [6, 6.07) is 19.3. The molecule has 3 aromatic rings. The highest BCUT2D eigenvalue weighted by atomic mass is 35.5. The molecular formula is C22H17Cl2N. The predicted octanol–water partition coefficient (Wildman–Crippen LogP) is 6.97. The van der Waals surface area contributed by atoms with Crippen molar-refractivity contribution in [3.8, 4) is 0 Å². The molecule has 3 heteroatoms. The molecule has 2 aliphatic rings. The minimum atomic E-state index is 0.234. The number of allylic oxidation sites excluding steroid dienone is 2. The normalized spacial score (nSPS) is 24.0. The van der Waals surface area contributed by atoms with Crippen LogP contribution in [0.4, 0.5) is 5.69 Å². The second-order valence-corrected chi connectivity index (χ2v) is 7.74. The molecule has 0 fully saturated rings. The van der Waals surface area contributed by atoms with Gasteiger partial charge in [0.05, 0.1) is 16.8 Å². The molecule has 3 atom stereocenters. The van der Waals surface area contributed by atoms with E-state index in [9.17, 15) is 0 Å². The van der Waals surface area contributed by atoms with Crippen molar-refractivity contribution in [3.05, 3.63) is 87.9 Å². The highest BCUT2D eigenvalue weighted by molar-refractivity contribution is 6.36. The molecule has 0 saturated heterocycles. The first-order valence-electron chi connectivity index (χ1n) is 8.62. The number of hydrogen-bond acceptors (Lipinski definition) is 1. The van der Waals surface area contributed by atoms with Crippen LogP contribution in [0.3, 0.4) is 0 Å². The fourth-order valence-electron chi connectivity index (χ4n) is 4.45. The molecule has 0 unspecified atom stereocenters. The minimum absolute atomic E-state index is 0.234. The second-order valence-electron chi connectivity index (χ2n) is 6.90. The lowest BCUT2D eigenvalue weighted by Crippen LogP contribution is -2.29. The van der Waals surface area contributed by atoms with E-state index in [-0.39, 0.29) is 6.04 Å². The first kappa shape index (κ1) is 15.3. The summed E-state index contributed by atoms with van der Waals surface area (Å²) in [5.74, 6) is 0.837. The molecule has 124 valence electrons. The molecule has 1 N–H and O–H groups in total. The summed E-state index contributed by atoms with van der Waals surface area (Å²) < 4.78 is 0. The van der Waals surface area contributed by atoms with Gasteiger partial charge in [-0.25, -0.2) is 0 Å². The van der Waals surface area contributed by atoms with Crippen LogP contribution in [0.25, 0.3) is 10.8 Å². The van der Waals surface area contributed by atoms with Gasteiger partial charge >= 0.3 is 0 Å². The van der Waals surface area contributed by atoms with Gasteiger partial charge in [-0.05, 0) is 46.4 Å². The molecule has 0 aromatic heterocycles. The standard InChI is InChI=1S/C22H17Cl2N/c23-14-11-19-16-8-4-10-18(16)21(25-22(19)20(24)12-14)17-9-3-6-13-5-1-2-7-15(13)17/h1-9,11-12,16,18,21,25H,10H2/t16-,18-,21+/m0/s1. The Labute approximate surface area is 157 Å². The van der Waals surface area contributed by atoms with E-state index in [1.165, 1.54) is 21.9 Å². The Morgan fingerprint density at radius 2 is 1.76 bits per heavy atom. The number of hydrogen-bond donors (Lipinski definition) is 1. The molecule has 0 radical (unpaired) electrons. The number of halogens is 2. The van der Waals surface area contributed by atoms with Gasteiger partial charge in [0.2, 0.25) is 0 Å². The average Bonchev–Trinajstić information content (AvgIpc) is 3.11. The van der Waals surface area contributed by atoms with Gasteiger partial charge in [-0.2, -0.15) is 0 Å². The molecule has 1 nitrogen and oxygen atoms in total. The largest absolute Gasteiger partial charge is 0.376 e. The maximum atomic E-state index is 6.54. The van der Waals surface area contributed by atoms with Gasteiger partial charge < -0.3 is 5.32 Å². The van der Waals surface area contributed by atoms with E-state index in [0.29, 0.717) is 21.9 Å². The van der Waals surface area contributed by atoms with Gasteiger partial charge in [0, 0.05) is 10.9 Å². The van der Waals surface area contributed by atoms with E-state index in [0.717, 1.165) is 12.1 Å². The van der Waals surface area contributed by atoms with Crippen LogP contribution in [0.2, 0.25) is 10.0 Å². The molecule has 0 bridgehead atoms. The third-order valence-corrected chi connectivity index (χ3v) is 6.06. The molecule has 1 aliphatic heterocycles. The van der Waals surface area contributed by atoms with Gasteiger partial charge in [-0.15, -0.1) is 0 Å². The zero-order valence-electron chi connectivity index (χ0n) is 13.5. The first-order valence-corrected chi connectivity index (χ1v) is 9.38. The summed E-state index contributed by atoms with van der Waals surface area (Å²) in [4.78, 5) is 0. The summed E-state index contributed by atoms with van der Waals surface area (Å²) in [6.07, 6.45) is 5.67. The summed E-state index contributed by atoms with van der Waals surface area (Å²) >= 11 is 12.8. The van der Waals surface area contributed by atoms with Crippen molar-refractivity contribution >= 4 is 39.7 Å². The molecule has 0 amide bonds. The lowest BCUT2D eigenvalue weighted by molar-refractivity contribution is 0.427. The lowest BCUT2D eigenvalue weighted by atomic mass is 9.76. The van der Waals surface area contributed by atoms with Crippen molar-refractivity contribution in [2.45, 2.75) is 18.4 Å². The van der Waals surface area contributed by atoms with Crippen molar-refractivity contribution in [1.29, 1.82) is 0 Å². The molecule has 3 aromatic carbocycles. The summed E-state index contributed by atoms with van der Waals surface area (Å²) in [5, 5.41) is 7.73.